The lowest BCUT2D eigenvalue weighted by molar-refractivity contribution is 0.0303. The molecule has 2 rings (SSSR count). The molecule has 5 heteroatoms. The topological polar surface area (TPSA) is 72.6 Å². The molecule has 1 aliphatic rings. The zero-order valence-corrected chi connectivity index (χ0v) is 9.39. The molecule has 1 aromatic carbocycles. The number of carbonyl (C=O) groups excluding carboxylic acids is 2. The van der Waals surface area contributed by atoms with E-state index in [0.29, 0.717) is 37.4 Å². The molecule has 0 saturated carbocycles. The Kier molecular flexibility index (Phi) is 3.39. The Morgan fingerprint density at radius 2 is 1.59 bits per heavy atom. The van der Waals surface area contributed by atoms with Crippen LogP contribution in [0, 0.1) is 0 Å². The number of nitrogens with zero attached hydrogens (tertiary/aromatic N) is 1. The van der Waals surface area contributed by atoms with Crippen molar-refractivity contribution in [2.45, 2.75) is 0 Å². The van der Waals surface area contributed by atoms with Gasteiger partial charge in [0.05, 0.1) is 13.2 Å². The molecule has 0 radical (unpaired) electrons. The monoisotopic (exact) mass is 234 g/mol. The van der Waals surface area contributed by atoms with Crippen LogP contribution in [-0.2, 0) is 4.74 Å². The van der Waals surface area contributed by atoms with Gasteiger partial charge in [0, 0.05) is 24.2 Å². The van der Waals surface area contributed by atoms with Gasteiger partial charge in [-0.25, -0.2) is 0 Å². The molecule has 0 spiro atoms. The molecule has 1 heterocycles. The number of carbonyl (C=O) groups is 2. The fourth-order valence-corrected chi connectivity index (χ4v) is 1.73. The van der Waals surface area contributed by atoms with Gasteiger partial charge >= 0.3 is 0 Å². The predicted molar refractivity (Wildman–Crippen MR) is 61.7 cm³/mol. The Hall–Kier alpha value is -1.88. The lowest BCUT2D eigenvalue weighted by Crippen LogP contribution is -2.40. The summed E-state index contributed by atoms with van der Waals surface area (Å²) in [4.78, 5) is 24.7. The number of ether oxygens (including phenoxy) is 1. The van der Waals surface area contributed by atoms with Crippen LogP contribution in [0.3, 0.4) is 0 Å². The smallest absolute Gasteiger partial charge is 0.254 e. The SMILES string of the molecule is NC(=O)c1ccc(C(=O)N2CCOCC2)cc1. The molecule has 17 heavy (non-hydrogen) atoms. The van der Waals surface area contributed by atoms with Crippen LogP contribution in [0.1, 0.15) is 20.7 Å². The van der Waals surface area contributed by atoms with E-state index in [1.807, 2.05) is 0 Å². The first kappa shape index (κ1) is 11.6. The molecular weight excluding hydrogens is 220 g/mol. The van der Waals surface area contributed by atoms with Gasteiger partial charge in [-0.3, -0.25) is 9.59 Å². The third kappa shape index (κ3) is 2.62. The fraction of sp³-hybridized carbons (Fsp3) is 0.333. The Balaban J connectivity index is 2.10. The van der Waals surface area contributed by atoms with Crippen molar-refractivity contribution < 1.29 is 14.3 Å². The highest BCUT2D eigenvalue weighted by Gasteiger charge is 2.18. The van der Waals surface area contributed by atoms with Gasteiger partial charge in [0.1, 0.15) is 0 Å². The molecule has 2 amide bonds. The lowest BCUT2D eigenvalue weighted by Gasteiger charge is -2.26. The molecule has 2 N–H and O–H groups in total. The molecule has 1 aromatic rings. The first-order valence-electron chi connectivity index (χ1n) is 5.45. The summed E-state index contributed by atoms with van der Waals surface area (Å²) in [5, 5.41) is 0. The minimum absolute atomic E-state index is 0.0377. The average molecular weight is 234 g/mol. The van der Waals surface area contributed by atoms with Gasteiger partial charge in [0.15, 0.2) is 0 Å². The van der Waals surface area contributed by atoms with Gasteiger partial charge < -0.3 is 15.4 Å². The fourth-order valence-electron chi connectivity index (χ4n) is 1.73. The number of hydrogen-bond donors (Lipinski definition) is 1. The zero-order chi connectivity index (χ0) is 12.3. The standard InChI is InChI=1S/C12H14N2O3/c13-11(15)9-1-3-10(4-2-9)12(16)14-5-7-17-8-6-14/h1-4H,5-8H2,(H2,13,15). The molecule has 0 atom stereocenters. The predicted octanol–water partition coefficient (Wildman–Crippen LogP) is 0.258. The summed E-state index contributed by atoms with van der Waals surface area (Å²) < 4.78 is 5.18. The Bertz CT molecular complexity index is 422. The average Bonchev–Trinajstić information content (AvgIpc) is 2.39. The largest absolute Gasteiger partial charge is 0.378 e. The molecule has 90 valence electrons. The van der Waals surface area contributed by atoms with E-state index >= 15 is 0 Å². The minimum atomic E-state index is -0.490. The van der Waals surface area contributed by atoms with Gasteiger partial charge in [-0.2, -0.15) is 0 Å². The van der Waals surface area contributed by atoms with Crippen molar-refractivity contribution in [3.63, 3.8) is 0 Å². The minimum Gasteiger partial charge on any atom is -0.378 e. The van der Waals surface area contributed by atoms with Gasteiger partial charge in [-0.05, 0) is 24.3 Å². The van der Waals surface area contributed by atoms with Crippen LogP contribution < -0.4 is 5.73 Å². The Labute approximate surface area is 99.2 Å². The Morgan fingerprint density at radius 1 is 1.06 bits per heavy atom. The molecule has 0 aromatic heterocycles. The van der Waals surface area contributed by atoms with Crippen LogP contribution in [0.4, 0.5) is 0 Å². The first-order valence-corrected chi connectivity index (χ1v) is 5.45. The lowest BCUT2D eigenvalue weighted by atomic mass is 10.1. The highest BCUT2D eigenvalue weighted by molar-refractivity contribution is 5.97. The maximum absolute atomic E-state index is 12.0. The second-order valence-corrected chi connectivity index (χ2v) is 3.85. The molecule has 5 nitrogen and oxygen atoms in total. The summed E-state index contributed by atoms with van der Waals surface area (Å²) in [5.41, 5.74) is 6.10. The highest BCUT2D eigenvalue weighted by atomic mass is 16.5. The second kappa shape index (κ2) is 4.97. The summed E-state index contributed by atoms with van der Waals surface area (Å²) >= 11 is 0. The summed E-state index contributed by atoms with van der Waals surface area (Å²) in [5.74, 6) is -0.528. The molecule has 0 bridgehead atoms. The number of rotatable bonds is 2. The van der Waals surface area contributed by atoms with E-state index in [4.69, 9.17) is 10.5 Å². The third-order valence-corrected chi connectivity index (χ3v) is 2.71. The maximum atomic E-state index is 12.0. The van der Waals surface area contributed by atoms with Crippen molar-refractivity contribution in [1.29, 1.82) is 0 Å². The van der Waals surface area contributed by atoms with Crippen molar-refractivity contribution >= 4 is 11.8 Å². The van der Waals surface area contributed by atoms with Gasteiger partial charge in [-0.15, -0.1) is 0 Å². The second-order valence-electron chi connectivity index (χ2n) is 3.85. The number of primary amides is 1. The number of nitrogens with two attached hydrogens (primary N) is 1. The molecule has 0 unspecified atom stereocenters. The number of morpholine rings is 1. The summed E-state index contributed by atoms with van der Waals surface area (Å²) in [6.07, 6.45) is 0. The van der Waals surface area contributed by atoms with Crippen LogP contribution >= 0.6 is 0 Å². The van der Waals surface area contributed by atoms with E-state index in [1.54, 1.807) is 29.2 Å². The third-order valence-electron chi connectivity index (χ3n) is 2.71. The van der Waals surface area contributed by atoms with E-state index in [-0.39, 0.29) is 5.91 Å². The van der Waals surface area contributed by atoms with Gasteiger partial charge in [0.2, 0.25) is 5.91 Å². The van der Waals surface area contributed by atoms with E-state index in [1.165, 1.54) is 0 Å². The van der Waals surface area contributed by atoms with Crippen molar-refractivity contribution in [2.24, 2.45) is 5.73 Å². The van der Waals surface area contributed by atoms with Crippen LogP contribution in [0.15, 0.2) is 24.3 Å². The summed E-state index contributed by atoms with van der Waals surface area (Å²) in [7, 11) is 0. The van der Waals surface area contributed by atoms with Gasteiger partial charge in [-0.1, -0.05) is 0 Å². The first-order chi connectivity index (χ1) is 8.18. The van der Waals surface area contributed by atoms with Crippen molar-refractivity contribution in [3.8, 4) is 0 Å². The van der Waals surface area contributed by atoms with Crippen molar-refractivity contribution in [1.82, 2.24) is 4.90 Å². The summed E-state index contributed by atoms with van der Waals surface area (Å²) in [6.45, 7) is 2.36. The number of benzene rings is 1. The molecule has 1 saturated heterocycles. The zero-order valence-electron chi connectivity index (χ0n) is 9.39. The number of hydrogen-bond acceptors (Lipinski definition) is 3. The van der Waals surface area contributed by atoms with Crippen molar-refractivity contribution in [2.75, 3.05) is 26.3 Å². The number of amides is 2. The van der Waals surface area contributed by atoms with E-state index in [2.05, 4.69) is 0 Å². The molecule has 0 aliphatic carbocycles. The normalized spacial score (nSPS) is 15.6. The van der Waals surface area contributed by atoms with Crippen molar-refractivity contribution in [3.05, 3.63) is 35.4 Å². The molecule has 1 fully saturated rings. The van der Waals surface area contributed by atoms with Crippen LogP contribution in [0.25, 0.3) is 0 Å². The van der Waals surface area contributed by atoms with Gasteiger partial charge in [0.25, 0.3) is 5.91 Å². The Morgan fingerprint density at radius 3 is 2.12 bits per heavy atom. The van der Waals surface area contributed by atoms with E-state index in [0.717, 1.165) is 0 Å². The quantitative estimate of drug-likeness (QED) is 0.797. The van der Waals surface area contributed by atoms with Crippen LogP contribution in [0.5, 0.6) is 0 Å². The van der Waals surface area contributed by atoms with E-state index in [9.17, 15) is 9.59 Å². The molecular formula is C12H14N2O3. The summed E-state index contributed by atoms with van der Waals surface area (Å²) in [6, 6.07) is 6.38. The maximum Gasteiger partial charge on any atom is 0.254 e. The van der Waals surface area contributed by atoms with Crippen LogP contribution in [-0.4, -0.2) is 43.0 Å². The highest BCUT2D eigenvalue weighted by Crippen LogP contribution is 2.09. The molecule has 1 aliphatic heterocycles. The van der Waals surface area contributed by atoms with E-state index < -0.39 is 5.91 Å². The van der Waals surface area contributed by atoms with Crippen LogP contribution in [0.2, 0.25) is 0 Å².